The molecule has 0 saturated carbocycles. The largest absolute Gasteiger partial charge is 0.494 e. The third-order valence-electron chi connectivity index (χ3n) is 3.84. The van der Waals surface area contributed by atoms with Gasteiger partial charge in [-0.25, -0.2) is 4.98 Å². The van der Waals surface area contributed by atoms with Crippen LogP contribution in [0.5, 0.6) is 5.75 Å². The molecule has 0 spiro atoms. The third kappa shape index (κ3) is 3.83. The predicted octanol–water partition coefficient (Wildman–Crippen LogP) is 3.85. The first-order valence-electron chi connectivity index (χ1n) is 7.75. The van der Waals surface area contributed by atoms with Crippen molar-refractivity contribution in [3.8, 4) is 16.3 Å². The number of aromatic nitrogens is 1. The number of nitrogens with zero attached hydrogens (tertiary/aromatic N) is 2. The molecule has 1 fully saturated rings. The van der Waals surface area contributed by atoms with E-state index in [2.05, 4.69) is 28.9 Å². The van der Waals surface area contributed by atoms with Gasteiger partial charge in [0.05, 0.1) is 6.61 Å². The molecule has 1 aliphatic heterocycles. The molecule has 0 N–H and O–H groups in total. The molecule has 3 nitrogen and oxygen atoms in total. The lowest BCUT2D eigenvalue weighted by Crippen LogP contribution is -2.38. The Labute approximate surface area is 130 Å². The molecular formula is C17H22N2OS. The average Bonchev–Trinajstić information content (AvgIpc) is 2.95. The van der Waals surface area contributed by atoms with Gasteiger partial charge in [0.25, 0.3) is 0 Å². The standard InChI is InChI=1S/C17H22N2OS/c1-2-16-13-18-17(21-16)14-5-7-15(8-6-14)20-12-4-11-19-9-3-10-19/h5-8,13H,2-4,9-12H2,1H3. The van der Waals surface area contributed by atoms with Gasteiger partial charge >= 0.3 is 0 Å². The Kier molecular flexibility index (Phi) is 4.88. The molecular weight excluding hydrogens is 280 g/mol. The summed E-state index contributed by atoms with van der Waals surface area (Å²) in [6.07, 6.45) is 5.49. The summed E-state index contributed by atoms with van der Waals surface area (Å²) in [5, 5.41) is 1.09. The van der Waals surface area contributed by atoms with Gasteiger partial charge in [-0.1, -0.05) is 6.92 Å². The van der Waals surface area contributed by atoms with Crippen molar-refractivity contribution in [2.75, 3.05) is 26.2 Å². The second-order valence-corrected chi connectivity index (χ2v) is 6.52. The van der Waals surface area contributed by atoms with Crippen molar-refractivity contribution in [2.45, 2.75) is 26.2 Å². The van der Waals surface area contributed by atoms with Crippen LogP contribution >= 0.6 is 11.3 Å². The van der Waals surface area contributed by atoms with Gasteiger partial charge in [-0.2, -0.15) is 0 Å². The van der Waals surface area contributed by atoms with E-state index in [1.54, 1.807) is 11.3 Å². The van der Waals surface area contributed by atoms with Crippen LogP contribution in [0.25, 0.3) is 10.6 Å². The summed E-state index contributed by atoms with van der Waals surface area (Å²) < 4.78 is 5.80. The topological polar surface area (TPSA) is 25.4 Å². The number of aryl methyl sites for hydroxylation is 1. The minimum atomic E-state index is 0.799. The molecule has 0 amide bonds. The van der Waals surface area contributed by atoms with Gasteiger partial charge in [-0.05, 0) is 56.6 Å². The van der Waals surface area contributed by atoms with Crippen LogP contribution in [0.2, 0.25) is 0 Å². The van der Waals surface area contributed by atoms with Crippen LogP contribution in [0, 0.1) is 0 Å². The van der Waals surface area contributed by atoms with E-state index in [4.69, 9.17) is 4.74 Å². The number of rotatable bonds is 7. The Hall–Kier alpha value is -1.39. The fourth-order valence-corrected chi connectivity index (χ4v) is 3.24. The summed E-state index contributed by atoms with van der Waals surface area (Å²) in [6.45, 7) is 6.66. The first kappa shape index (κ1) is 14.5. The highest BCUT2D eigenvalue weighted by Gasteiger charge is 2.12. The Morgan fingerprint density at radius 2 is 2.05 bits per heavy atom. The van der Waals surface area contributed by atoms with Crippen LogP contribution in [0.15, 0.2) is 30.5 Å². The predicted molar refractivity (Wildman–Crippen MR) is 88.1 cm³/mol. The number of ether oxygens (including phenoxy) is 1. The van der Waals surface area contributed by atoms with E-state index in [9.17, 15) is 0 Å². The highest BCUT2D eigenvalue weighted by molar-refractivity contribution is 7.15. The molecule has 4 heteroatoms. The van der Waals surface area contributed by atoms with Gasteiger partial charge < -0.3 is 9.64 Å². The minimum Gasteiger partial charge on any atom is -0.494 e. The molecule has 1 aliphatic rings. The summed E-state index contributed by atoms with van der Waals surface area (Å²) in [5.74, 6) is 0.953. The summed E-state index contributed by atoms with van der Waals surface area (Å²) in [7, 11) is 0. The van der Waals surface area contributed by atoms with Crippen LogP contribution in [-0.4, -0.2) is 36.1 Å². The maximum absolute atomic E-state index is 5.80. The monoisotopic (exact) mass is 302 g/mol. The van der Waals surface area contributed by atoms with Crippen LogP contribution in [0.3, 0.4) is 0 Å². The maximum Gasteiger partial charge on any atom is 0.123 e. The molecule has 1 saturated heterocycles. The maximum atomic E-state index is 5.80. The van der Waals surface area contributed by atoms with Crippen molar-refractivity contribution in [2.24, 2.45) is 0 Å². The first-order chi connectivity index (χ1) is 10.3. The van der Waals surface area contributed by atoms with E-state index >= 15 is 0 Å². The van der Waals surface area contributed by atoms with Crippen LogP contribution in [0.1, 0.15) is 24.6 Å². The van der Waals surface area contributed by atoms with Crippen molar-refractivity contribution in [1.29, 1.82) is 0 Å². The quantitative estimate of drug-likeness (QED) is 0.727. The van der Waals surface area contributed by atoms with Crippen LogP contribution in [0.4, 0.5) is 0 Å². The summed E-state index contributed by atoms with van der Waals surface area (Å²) >= 11 is 1.77. The normalized spacial score (nSPS) is 14.9. The molecule has 2 aromatic rings. The lowest BCUT2D eigenvalue weighted by molar-refractivity contribution is 0.165. The molecule has 3 rings (SSSR count). The van der Waals surface area contributed by atoms with Gasteiger partial charge in [0.1, 0.15) is 10.8 Å². The number of hydrogen-bond donors (Lipinski definition) is 0. The van der Waals surface area contributed by atoms with E-state index in [1.165, 1.54) is 30.0 Å². The van der Waals surface area contributed by atoms with Crippen molar-refractivity contribution >= 4 is 11.3 Å². The number of likely N-dealkylation sites (tertiary alicyclic amines) is 1. The zero-order chi connectivity index (χ0) is 14.5. The van der Waals surface area contributed by atoms with E-state index in [0.29, 0.717) is 0 Å². The van der Waals surface area contributed by atoms with Gasteiger partial charge in [0.2, 0.25) is 0 Å². The molecule has 1 aromatic heterocycles. The Bertz CT molecular complexity index is 560. The second-order valence-electron chi connectivity index (χ2n) is 5.41. The van der Waals surface area contributed by atoms with Gasteiger partial charge in [0.15, 0.2) is 0 Å². The van der Waals surface area contributed by atoms with E-state index in [-0.39, 0.29) is 0 Å². The molecule has 0 atom stereocenters. The molecule has 21 heavy (non-hydrogen) atoms. The fourth-order valence-electron chi connectivity index (χ4n) is 2.38. The molecule has 2 heterocycles. The molecule has 0 unspecified atom stereocenters. The van der Waals surface area contributed by atoms with Gasteiger partial charge in [0, 0.05) is 23.2 Å². The number of benzene rings is 1. The smallest absolute Gasteiger partial charge is 0.123 e. The highest BCUT2D eigenvalue weighted by Crippen LogP contribution is 2.27. The van der Waals surface area contributed by atoms with Crippen molar-refractivity contribution in [3.63, 3.8) is 0 Å². The number of thiazole rings is 1. The molecule has 112 valence electrons. The van der Waals surface area contributed by atoms with Crippen molar-refractivity contribution in [1.82, 2.24) is 9.88 Å². The molecule has 0 bridgehead atoms. The Balaban J connectivity index is 1.48. The minimum absolute atomic E-state index is 0.799. The Morgan fingerprint density at radius 3 is 2.67 bits per heavy atom. The number of hydrogen-bond acceptors (Lipinski definition) is 4. The summed E-state index contributed by atoms with van der Waals surface area (Å²) in [5.41, 5.74) is 1.17. The second kappa shape index (κ2) is 7.05. The molecule has 0 aliphatic carbocycles. The first-order valence-corrected chi connectivity index (χ1v) is 8.57. The lowest BCUT2D eigenvalue weighted by Gasteiger charge is -2.30. The summed E-state index contributed by atoms with van der Waals surface area (Å²) in [6, 6.07) is 8.30. The fraction of sp³-hybridized carbons (Fsp3) is 0.471. The zero-order valence-corrected chi connectivity index (χ0v) is 13.4. The van der Waals surface area contributed by atoms with Crippen LogP contribution in [-0.2, 0) is 6.42 Å². The lowest BCUT2D eigenvalue weighted by atomic mass is 10.2. The van der Waals surface area contributed by atoms with Crippen molar-refractivity contribution in [3.05, 3.63) is 35.3 Å². The average molecular weight is 302 g/mol. The van der Waals surface area contributed by atoms with E-state index in [0.717, 1.165) is 36.8 Å². The SMILES string of the molecule is CCc1cnc(-c2ccc(OCCCN3CCC3)cc2)s1. The van der Waals surface area contributed by atoms with E-state index < -0.39 is 0 Å². The molecule has 1 aromatic carbocycles. The van der Waals surface area contributed by atoms with Gasteiger partial charge in [-0.3, -0.25) is 0 Å². The Morgan fingerprint density at radius 1 is 1.24 bits per heavy atom. The third-order valence-corrected chi connectivity index (χ3v) is 5.03. The molecule has 0 radical (unpaired) electrons. The zero-order valence-electron chi connectivity index (χ0n) is 12.5. The summed E-state index contributed by atoms with van der Waals surface area (Å²) in [4.78, 5) is 8.27. The van der Waals surface area contributed by atoms with Crippen molar-refractivity contribution < 1.29 is 4.74 Å². The van der Waals surface area contributed by atoms with Crippen LogP contribution < -0.4 is 4.74 Å². The van der Waals surface area contributed by atoms with Gasteiger partial charge in [-0.15, -0.1) is 11.3 Å². The highest BCUT2D eigenvalue weighted by atomic mass is 32.1. The van der Waals surface area contributed by atoms with E-state index in [1.807, 2.05) is 18.3 Å².